The van der Waals surface area contributed by atoms with Gasteiger partial charge < -0.3 is 19.9 Å². The van der Waals surface area contributed by atoms with Crippen LogP contribution in [-0.2, 0) is 9.59 Å². The Kier molecular flexibility index (Phi) is 5.16. The zero-order valence-electron chi connectivity index (χ0n) is 14.5. The number of anilines is 1. The van der Waals surface area contributed by atoms with Crippen LogP contribution < -0.4 is 14.8 Å². The lowest BCUT2D eigenvalue weighted by Gasteiger charge is -2.30. The summed E-state index contributed by atoms with van der Waals surface area (Å²) in [5.74, 6) is -0.0593. The predicted molar refractivity (Wildman–Crippen MR) is 92.7 cm³/mol. The smallest absolute Gasteiger partial charge is 0.306 e. The van der Waals surface area contributed by atoms with Crippen molar-refractivity contribution in [3.8, 4) is 11.5 Å². The number of ether oxygens (including phenoxy) is 2. The minimum atomic E-state index is -0.802. The van der Waals surface area contributed by atoms with Crippen LogP contribution in [0.5, 0.6) is 11.5 Å². The van der Waals surface area contributed by atoms with E-state index < -0.39 is 17.3 Å². The molecule has 0 spiro atoms. The standard InChI is InChI=1S/C19H25NO5/c1-2-5-13(17(21)22)11-19(8-3-4-9-19)18(23)20-14-6-7-15-16(10-14)25-12-24-15/h6-7,10,13H,2-5,8-9,11-12H2,1H3,(H,20,23)(H,21,22). The van der Waals surface area contributed by atoms with E-state index in [1.807, 2.05) is 6.92 Å². The highest BCUT2D eigenvalue weighted by atomic mass is 16.7. The summed E-state index contributed by atoms with van der Waals surface area (Å²) in [7, 11) is 0. The largest absolute Gasteiger partial charge is 0.481 e. The molecule has 1 aromatic carbocycles. The molecular formula is C19H25NO5. The first-order valence-electron chi connectivity index (χ1n) is 8.98. The molecule has 0 bridgehead atoms. The summed E-state index contributed by atoms with van der Waals surface area (Å²) >= 11 is 0. The molecule has 1 saturated carbocycles. The number of nitrogens with one attached hydrogen (secondary N) is 1. The van der Waals surface area contributed by atoms with Crippen molar-refractivity contribution in [1.82, 2.24) is 0 Å². The molecule has 1 atom stereocenters. The summed E-state index contributed by atoms with van der Waals surface area (Å²) in [5, 5.41) is 12.5. The van der Waals surface area contributed by atoms with Crippen molar-refractivity contribution in [1.29, 1.82) is 0 Å². The van der Waals surface area contributed by atoms with E-state index >= 15 is 0 Å². The van der Waals surface area contributed by atoms with E-state index in [9.17, 15) is 14.7 Å². The summed E-state index contributed by atoms with van der Waals surface area (Å²) in [6, 6.07) is 5.31. The lowest BCUT2D eigenvalue weighted by Crippen LogP contribution is -2.37. The van der Waals surface area contributed by atoms with Gasteiger partial charge in [0, 0.05) is 11.8 Å². The molecular weight excluding hydrogens is 322 g/mol. The molecule has 0 saturated heterocycles. The monoisotopic (exact) mass is 347 g/mol. The van der Waals surface area contributed by atoms with Crippen LogP contribution in [-0.4, -0.2) is 23.8 Å². The first kappa shape index (κ1) is 17.6. The topological polar surface area (TPSA) is 84.9 Å². The molecule has 25 heavy (non-hydrogen) atoms. The lowest BCUT2D eigenvalue weighted by molar-refractivity contribution is -0.144. The van der Waals surface area contributed by atoms with Crippen LogP contribution in [0.1, 0.15) is 51.9 Å². The van der Waals surface area contributed by atoms with Crippen LogP contribution in [0.4, 0.5) is 5.69 Å². The van der Waals surface area contributed by atoms with E-state index in [0.717, 1.165) is 32.1 Å². The summed E-state index contributed by atoms with van der Waals surface area (Å²) in [6.45, 7) is 2.16. The predicted octanol–water partition coefficient (Wildman–Crippen LogP) is 3.81. The third kappa shape index (κ3) is 3.72. The maximum absolute atomic E-state index is 13.0. The van der Waals surface area contributed by atoms with E-state index in [0.29, 0.717) is 30.0 Å². The Bertz CT molecular complexity index is 651. The van der Waals surface area contributed by atoms with E-state index in [1.54, 1.807) is 18.2 Å². The van der Waals surface area contributed by atoms with Gasteiger partial charge in [-0.25, -0.2) is 0 Å². The number of hydrogen-bond donors (Lipinski definition) is 2. The highest BCUT2D eigenvalue weighted by molar-refractivity contribution is 5.96. The second-order valence-corrected chi connectivity index (χ2v) is 7.04. The van der Waals surface area contributed by atoms with Gasteiger partial charge in [-0.05, 0) is 37.8 Å². The second-order valence-electron chi connectivity index (χ2n) is 7.04. The van der Waals surface area contributed by atoms with Crippen molar-refractivity contribution in [3.63, 3.8) is 0 Å². The molecule has 1 amide bonds. The summed E-state index contributed by atoms with van der Waals surface area (Å²) < 4.78 is 10.6. The van der Waals surface area contributed by atoms with Crippen molar-refractivity contribution in [2.45, 2.75) is 51.9 Å². The molecule has 1 aliphatic carbocycles. The van der Waals surface area contributed by atoms with Crippen LogP contribution >= 0.6 is 0 Å². The molecule has 3 rings (SSSR count). The normalized spacial score (nSPS) is 18.8. The number of benzene rings is 1. The number of carbonyl (C=O) groups is 2. The maximum atomic E-state index is 13.0. The number of rotatable bonds is 7. The average molecular weight is 347 g/mol. The SMILES string of the molecule is CCCC(CC1(C(=O)Nc2ccc3c(c2)OCO3)CCCC1)C(=O)O. The highest BCUT2D eigenvalue weighted by Crippen LogP contribution is 2.45. The zero-order chi connectivity index (χ0) is 17.9. The van der Waals surface area contributed by atoms with Gasteiger partial charge in [-0.15, -0.1) is 0 Å². The summed E-state index contributed by atoms with van der Waals surface area (Å²) in [4.78, 5) is 24.6. The van der Waals surface area contributed by atoms with Gasteiger partial charge in [-0.3, -0.25) is 9.59 Å². The van der Waals surface area contributed by atoms with E-state index in [-0.39, 0.29) is 12.7 Å². The third-order valence-electron chi connectivity index (χ3n) is 5.30. The third-order valence-corrected chi connectivity index (χ3v) is 5.30. The molecule has 136 valence electrons. The molecule has 6 nitrogen and oxygen atoms in total. The van der Waals surface area contributed by atoms with Gasteiger partial charge in [0.2, 0.25) is 12.7 Å². The first-order valence-corrected chi connectivity index (χ1v) is 8.98. The van der Waals surface area contributed by atoms with Gasteiger partial charge in [-0.1, -0.05) is 26.2 Å². The van der Waals surface area contributed by atoms with Crippen LogP contribution in [0.2, 0.25) is 0 Å². The lowest BCUT2D eigenvalue weighted by atomic mass is 9.75. The van der Waals surface area contributed by atoms with Crippen molar-refractivity contribution in [3.05, 3.63) is 18.2 Å². The number of hydrogen-bond acceptors (Lipinski definition) is 4. The molecule has 2 N–H and O–H groups in total. The van der Waals surface area contributed by atoms with Crippen molar-refractivity contribution in [2.24, 2.45) is 11.3 Å². The number of amides is 1. The van der Waals surface area contributed by atoms with Crippen molar-refractivity contribution < 1.29 is 24.2 Å². The van der Waals surface area contributed by atoms with Crippen LogP contribution in [0.25, 0.3) is 0 Å². The fourth-order valence-electron chi connectivity index (χ4n) is 3.95. The number of carboxylic acid groups (broad SMARTS) is 1. The van der Waals surface area contributed by atoms with E-state index in [2.05, 4.69) is 5.32 Å². The Balaban J connectivity index is 1.75. The summed E-state index contributed by atoms with van der Waals surface area (Å²) in [5.41, 5.74) is 0.0668. The highest BCUT2D eigenvalue weighted by Gasteiger charge is 2.44. The molecule has 1 unspecified atom stereocenters. The fraction of sp³-hybridized carbons (Fsp3) is 0.579. The Hall–Kier alpha value is -2.24. The molecule has 1 fully saturated rings. The molecule has 6 heteroatoms. The molecule has 0 radical (unpaired) electrons. The molecule has 2 aliphatic rings. The Morgan fingerprint density at radius 1 is 1.24 bits per heavy atom. The van der Waals surface area contributed by atoms with E-state index in [1.165, 1.54) is 0 Å². The fourth-order valence-corrected chi connectivity index (χ4v) is 3.95. The number of carboxylic acids is 1. The minimum Gasteiger partial charge on any atom is -0.481 e. The van der Waals surface area contributed by atoms with Gasteiger partial charge in [0.05, 0.1) is 11.3 Å². The number of aliphatic carboxylic acids is 1. The second kappa shape index (κ2) is 7.33. The Labute approximate surface area is 147 Å². The van der Waals surface area contributed by atoms with Gasteiger partial charge in [0.1, 0.15) is 0 Å². The summed E-state index contributed by atoms with van der Waals surface area (Å²) in [6.07, 6.45) is 5.24. The average Bonchev–Trinajstić information content (AvgIpc) is 3.23. The van der Waals surface area contributed by atoms with Gasteiger partial charge in [0.25, 0.3) is 0 Å². The number of carbonyl (C=O) groups excluding carboxylic acids is 1. The molecule has 1 aromatic rings. The van der Waals surface area contributed by atoms with E-state index in [4.69, 9.17) is 9.47 Å². The van der Waals surface area contributed by atoms with Crippen molar-refractivity contribution >= 4 is 17.6 Å². The quantitative estimate of drug-likeness (QED) is 0.783. The van der Waals surface area contributed by atoms with Crippen LogP contribution in [0.3, 0.4) is 0 Å². The first-order chi connectivity index (χ1) is 12.0. The maximum Gasteiger partial charge on any atom is 0.306 e. The number of fused-ring (bicyclic) bond motifs is 1. The van der Waals surface area contributed by atoms with Gasteiger partial charge in [-0.2, -0.15) is 0 Å². The Morgan fingerprint density at radius 2 is 1.96 bits per heavy atom. The van der Waals surface area contributed by atoms with Gasteiger partial charge >= 0.3 is 5.97 Å². The molecule has 1 aliphatic heterocycles. The minimum absolute atomic E-state index is 0.0776. The van der Waals surface area contributed by atoms with Gasteiger partial charge in [0.15, 0.2) is 11.5 Å². The molecule has 0 aromatic heterocycles. The zero-order valence-corrected chi connectivity index (χ0v) is 14.5. The molecule has 1 heterocycles. The van der Waals surface area contributed by atoms with Crippen LogP contribution in [0.15, 0.2) is 18.2 Å². The van der Waals surface area contributed by atoms with Crippen molar-refractivity contribution in [2.75, 3.05) is 12.1 Å². The van der Waals surface area contributed by atoms with Crippen LogP contribution in [0, 0.1) is 11.3 Å². The Morgan fingerprint density at radius 3 is 2.64 bits per heavy atom.